The molecule has 1 heterocycles. The first-order valence-corrected chi connectivity index (χ1v) is 21.4. The molecular weight excluding hydrogens is 761 g/mol. The van der Waals surface area contributed by atoms with Gasteiger partial charge >= 0.3 is 0 Å². The number of allylic oxidation sites excluding steroid dienone is 13. The van der Waals surface area contributed by atoms with E-state index in [0.29, 0.717) is 0 Å². The summed E-state index contributed by atoms with van der Waals surface area (Å²) in [6.45, 7) is 17.8. The molecule has 0 aliphatic rings. The Balaban J connectivity index is 0.00000182. The summed E-state index contributed by atoms with van der Waals surface area (Å²) in [7, 11) is 0. The fourth-order valence-corrected chi connectivity index (χ4v) is 7.60. The Bertz CT molecular complexity index is 2850. The van der Waals surface area contributed by atoms with Gasteiger partial charge in [0.05, 0.1) is 11.0 Å². The Morgan fingerprint density at radius 2 is 1.33 bits per heavy atom. The van der Waals surface area contributed by atoms with Crippen LogP contribution >= 0.6 is 0 Å². The zero-order chi connectivity index (χ0) is 45.0. The van der Waals surface area contributed by atoms with Crippen molar-refractivity contribution >= 4 is 33.5 Å². The standard InChI is InChI=1S/C57H50N2.C2H6.C2H2/c1-5-8-24-45-27-21-29-52(42(45)4)50-38-43(23-15-12-10-9-11-13-18-30-55(58)48-34-32-47(33-35-48)44(7-3)22-6-2)39-51(40-50)59-56-31-20-19-28-53(56)54-41-49(36-37-57(54)59)46-25-16-14-17-26-46;2*1-2/h5-22,24-41,55H,1-3,23,58H2,4H3;1-2H3;1-2H/b10-9+,13-11-,15-12-,24-8-,30-18-,44-22+;;. The Morgan fingerprint density at radius 1 is 0.635 bits per heavy atom. The van der Waals surface area contributed by atoms with Crippen molar-refractivity contribution in [2.45, 2.75) is 33.2 Å². The highest BCUT2D eigenvalue weighted by molar-refractivity contribution is 6.10. The molecule has 0 radical (unpaired) electrons. The number of nitrogens with zero attached hydrogens (tertiary/aromatic N) is 1. The molecule has 2 N–H and O–H groups in total. The lowest BCUT2D eigenvalue weighted by molar-refractivity contribution is 0.911. The van der Waals surface area contributed by atoms with E-state index >= 15 is 0 Å². The first kappa shape index (κ1) is 46.4. The summed E-state index contributed by atoms with van der Waals surface area (Å²) in [5, 5.41) is 2.48. The average Bonchev–Trinajstić information content (AvgIpc) is 3.67. The summed E-state index contributed by atoms with van der Waals surface area (Å²) < 4.78 is 2.42. The zero-order valence-corrected chi connectivity index (χ0v) is 36.9. The van der Waals surface area contributed by atoms with Crippen LogP contribution in [0.4, 0.5) is 0 Å². The minimum absolute atomic E-state index is 0.196. The summed E-state index contributed by atoms with van der Waals surface area (Å²) in [4.78, 5) is 0. The minimum Gasteiger partial charge on any atom is -0.321 e. The molecule has 2 heteroatoms. The molecule has 6 aromatic carbocycles. The van der Waals surface area contributed by atoms with Gasteiger partial charge in [-0.3, -0.25) is 0 Å². The number of rotatable bonds is 15. The highest BCUT2D eigenvalue weighted by Gasteiger charge is 2.16. The third-order valence-corrected chi connectivity index (χ3v) is 10.6. The second kappa shape index (κ2) is 23.9. The summed E-state index contributed by atoms with van der Waals surface area (Å²) in [5.41, 5.74) is 21.6. The predicted molar refractivity (Wildman–Crippen MR) is 279 cm³/mol. The number of nitrogens with two attached hydrogens (primary N) is 1. The first-order valence-electron chi connectivity index (χ1n) is 21.4. The quantitative estimate of drug-likeness (QED) is 0.0811. The van der Waals surface area contributed by atoms with Crippen LogP contribution in [-0.4, -0.2) is 4.57 Å². The van der Waals surface area contributed by atoms with Crippen molar-refractivity contribution < 1.29 is 0 Å². The van der Waals surface area contributed by atoms with Crippen molar-refractivity contribution in [3.05, 3.63) is 260 Å². The molecule has 312 valence electrons. The van der Waals surface area contributed by atoms with E-state index in [2.05, 4.69) is 202 Å². The van der Waals surface area contributed by atoms with Gasteiger partial charge in [-0.1, -0.05) is 222 Å². The molecule has 7 aromatic rings. The summed E-state index contributed by atoms with van der Waals surface area (Å²) in [5.74, 6) is 0. The van der Waals surface area contributed by atoms with Crippen LogP contribution in [0.3, 0.4) is 0 Å². The molecule has 1 aromatic heterocycles. The van der Waals surface area contributed by atoms with E-state index in [1.165, 1.54) is 60.8 Å². The normalized spacial score (nSPS) is 12.2. The minimum atomic E-state index is -0.196. The van der Waals surface area contributed by atoms with Crippen LogP contribution in [0, 0.1) is 19.8 Å². The number of hydrogen-bond acceptors (Lipinski definition) is 1. The molecule has 1 atom stereocenters. The van der Waals surface area contributed by atoms with Gasteiger partial charge in [0, 0.05) is 22.5 Å². The number of para-hydroxylation sites is 1. The monoisotopic (exact) mass is 818 g/mol. The van der Waals surface area contributed by atoms with E-state index in [-0.39, 0.29) is 6.04 Å². The Kier molecular flexibility index (Phi) is 17.6. The molecule has 63 heavy (non-hydrogen) atoms. The van der Waals surface area contributed by atoms with Gasteiger partial charge in [-0.15, -0.1) is 12.8 Å². The Hall–Kier alpha value is -7.70. The zero-order valence-electron chi connectivity index (χ0n) is 36.9. The number of hydrogen-bond donors (Lipinski definition) is 1. The molecule has 0 bridgehead atoms. The van der Waals surface area contributed by atoms with Crippen molar-refractivity contribution in [3.63, 3.8) is 0 Å². The molecule has 0 fully saturated rings. The average molecular weight is 819 g/mol. The third-order valence-electron chi connectivity index (χ3n) is 10.6. The van der Waals surface area contributed by atoms with Gasteiger partial charge in [-0.2, -0.15) is 0 Å². The van der Waals surface area contributed by atoms with Crippen LogP contribution in [0.25, 0.3) is 61.4 Å². The molecular formula is C61H58N2. The maximum Gasteiger partial charge on any atom is 0.0541 e. The maximum atomic E-state index is 6.45. The van der Waals surface area contributed by atoms with E-state index in [9.17, 15) is 0 Å². The van der Waals surface area contributed by atoms with Gasteiger partial charge in [0.25, 0.3) is 0 Å². The lowest BCUT2D eigenvalue weighted by atomic mass is 9.94. The SMILES string of the molecule is C#C.C=C/C=C\c1cccc(-c2cc(C\C=C/C=C/C=C\C=C/C(N)c3ccc(/C(C=C)=C/C=C)cc3)cc(-n3c4ccccc4c4cc(-c5ccccc5)ccc43)c2)c1C.CC. The van der Waals surface area contributed by atoms with E-state index in [4.69, 9.17) is 5.73 Å². The molecule has 0 saturated heterocycles. The smallest absolute Gasteiger partial charge is 0.0541 e. The van der Waals surface area contributed by atoms with Crippen LogP contribution in [0.1, 0.15) is 47.7 Å². The largest absolute Gasteiger partial charge is 0.321 e. The fraction of sp³-hybridized carbons (Fsp3) is 0.0820. The van der Waals surface area contributed by atoms with Gasteiger partial charge < -0.3 is 10.3 Å². The molecule has 0 aliphatic carbocycles. The molecule has 0 aliphatic heterocycles. The summed E-state index contributed by atoms with van der Waals surface area (Å²) in [6, 6.07) is 47.8. The molecule has 0 saturated carbocycles. The van der Waals surface area contributed by atoms with E-state index in [1.807, 2.05) is 68.5 Å². The topological polar surface area (TPSA) is 30.9 Å². The summed E-state index contributed by atoms with van der Waals surface area (Å²) >= 11 is 0. The number of aromatic nitrogens is 1. The van der Waals surface area contributed by atoms with Crippen LogP contribution < -0.4 is 5.73 Å². The van der Waals surface area contributed by atoms with Crippen LogP contribution in [0.2, 0.25) is 0 Å². The highest BCUT2D eigenvalue weighted by atomic mass is 15.0. The lowest BCUT2D eigenvalue weighted by Gasteiger charge is -2.15. The molecule has 7 rings (SSSR count). The van der Waals surface area contributed by atoms with Crippen LogP contribution in [-0.2, 0) is 6.42 Å². The maximum absolute atomic E-state index is 6.45. The van der Waals surface area contributed by atoms with E-state index < -0.39 is 0 Å². The van der Waals surface area contributed by atoms with E-state index in [1.54, 1.807) is 6.08 Å². The van der Waals surface area contributed by atoms with Gasteiger partial charge in [0.15, 0.2) is 0 Å². The van der Waals surface area contributed by atoms with E-state index in [0.717, 1.165) is 28.8 Å². The van der Waals surface area contributed by atoms with Crippen molar-refractivity contribution in [1.82, 2.24) is 4.57 Å². The Labute approximate surface area is 376 Å². The molecule has 0 spiro atoms. The van der Waals surface area contributed by atoms with Gasteiger partial charge in [0.2, 0.25) is 0 Å². The predicted octanol–water partition coefficient (Wildman–Crippen LogP) is 16.1. The number of fused-ring (bicyclic) bond motifs is 3. The second-order valence-corrected chi connectivity index (χ2v) is 14.4. The lowest BCUT2D eigenvalue weighted by Crippen LogP contribution is -2.06. The van der Waals surface area contributed by atoms with Crippen molar-refractivity contribution in [3.8, 4) is 40.8 Å². The van der Waals surface area contributed by atoms with Crippen molar-refractivity contribution in [2.75, 3.05) is 0 Å². The van der Waals surface area contributed by atoms with Crippen molar-refractivity contribution in [2.24, 2.45) is 5.73 Å². The molecule has 2 nitrogen and oxygen atoms in total. The second-order valence-electron chi connectivity index (χ2n) is 14.4. The van der Waals surface area contributed by atoms with Gasteiger partial charge in [0.1, 0.15) is 0 Å². The Morgan fingerprint density at radius 3 is 2.06 bits per heavy atom. The van der Waals surface area contributed by atoms with Gasteiger partial charge in [-0.25, -0.2) is 0 Å². The summed E-state index contributed by atoms with van der Waals surface area (Å²) in [6.07, 6.45) is 36.7. The third kappa shape index (κ3) is 11.6. The van der Waals surface area contributed by atoms with Crippen LogP contribution in [0.5, 0.6) is 0 Å². The fourth-order valence-electron chi connectivity index (χ4n) is 7.60. The number of terminal acetylenes is 1. The first-order chi connectivity index (χ1) is 31.0. The molecule has 0 amide bonds. The molecule has 1 unspecified atom stereocenters. The van der Waals surface area contributed by atoms with Gasteiger partial charge in [-0.05, 0) is 99.3 Å². The van der Waals surface area contributed by atoms with Crippen molar-refractivity contribution in [1.29, 1.82) is 0 Å². The number of benzene rings is 6. The van der Waals surface area contributed by atoms with Crippen LogP contribution in [0.15, 0.2) is 232 Å². The highest BCUT2D eigenvalue weighted by Crippen LogP contribution is 2.37.